The number of nitrogens with zero attached hydrogens (tertiary/aromatic N) is 2. The number of rotatable bonds is 12. The second kappa shape index (κ2) is 14.0. The van der Waals surface area contributed by atoms with Crippen LogP contribution in [-0.4, -0.2) is 63.2 Å². The van der Waals surface area contributed by atoms with Gasteiger partial charge >= 0.3 is 0 Å². The molecule has 0 saturated heterocycles. The number of carbonyl (C=O) groups is 2. The lowest BCUT2D eigenvalue weighted by Crippen LogP contribution is -2.50. The first-order chi connectivity index (χ1) is 21.6. The average molecular weight is 626 g/mol. The summed E-state index contributed by atoms with van der Waals surface area (Å²) in [6.07, 6.45) is 0.0804. The molecule has 4 aromatic rings. The monoisotopic (exact) mass is 625 g/mol. The molecule has 1 aliphatic rings. The minimum atomic E-state index is -3.99. The number of aliphatic imine (C=N–C) groups is 1. The smallest absolute Gasteiger partial charge is 0.245 e. The minimum Gasteiger partial charge on any atom is -0.368 e. The van der Waals surface area contributed by atoms with Gasteiger partial charge in [0.05, 0.1) is 17.5 Å². The number of benzene rings is 4. The number of hydrogen-bond donors (Lipinski definition) is 3. The van der Waals surface area contributed by atoms with Crippen molar-refractivity contribution in [3.05, 3.63) is 114 Å². The normalized spacial score (nSPS) is 14.4. The molecule has 4 aromatic carbocycles. The highest BCUT2D eigenvalue weighted by Gasteiger charge is 2.29. The third kappa shape index (κ3) is 7.95. The summed E-state index contributed by atoms with van der Waals surface area (Å²) in [6, 6.07) is 27.5. The molecule has 0 spiro atoms. The average Bonchev–Trinajstić information content (AvgIpc) is 3.59. The number of sulfonamides is 1. The molecule has 10 heteroatoms. The molecule has 0 fully saturated rings. The van der Waals surface area contributed by atoms with E-state index in [1.807, 2.05) is 68.4 Å². The van der Waals surface area contributed by atoms with Crippen LogP contribution in [0.25, 0.3) is 10.8 Å². The fraction of sp³-hybridized carbons (Fsp3) is 0.286. The van der Waals surface area contributed by atoms with Gasteiger partial charge in [0.15, 0.2) is 0 Å². The van der Waals surface area contributed by atoms with E-state index in [9.17, 15) is 18.0 Å². The van der Waals surface area contributed by atoms with E-state index in [1.165, 1.54) is 0 Å². The van der Waals surface area contributed by atoms with Gasteiger partial charge in [-0.15, -0.1) is 0 Å². The number of hydrogen-bond acceptors (Lipinski definition) is 6. The Balaban J connectivity index is 1.36. The Kier molecular flexibility index (Phi) is 9.95. The molecule has 234 valence electrons. The standard InChI is InChI=1S/C35H39N5O4S/c1-24(2)40(3)35(42)32(21-25-13-15-28(16-14-25)34-36-19-20-37-34)38-33(41)23-31(27-10-5-4-6-11-27)39-45(43,44)30-18-17-26-9-7-8-12-29(26)22-30/h4-18,22,24,31-32,39H,19-21,23H2,1-3H3,(H,36,37)(H,38,41). The zero-order valence-electron chi connectivity index (χ0n) is 25.7. The Morgan fingerprint density at radius 2 is 1.60 bits per heavy atom. The van der Waals surface area contributed by atoms with Crippen molar-refractivity contribution in [2.75, 3.05) is 20.1 Å². The molecule has 1 aliphatic heterocycles. The molecular formula is C35H39N5O4S. The highest BCUT2D eigenvalue weighted by Crippen LogP contribution is 2.24. The highest BCUT2D eigenvalue weighted by atomic mass is 32.2. The van der Waals surface area contributed by atoms with Crippen LogP contribution >= 0.6 is 0 Å². The lowest BCUT2D eigenvalue weighted by atomic mass is 10.0. The molecule has 0 aromatic heterocycles. The molecule has 0 bridgehead atoms. The summed E-state index contributed by atoms with van der Waals surface area (Å²) in [5, 5.41) is 7.90. The van der Waals surface area contributed by atoms with Crippen molar-refractivity contribution >= 4 is 38.4 Å². The van der Waals surface area contributed by atoms with Crippen molar-refractivity contribution in [1.82, 2.24) is 20.3 Å². The Hall–Kier alpha value is -4.54. The van der Waals surface area contributed by atoms with Crippen LogP contribution in [0.15, 0.2) is 107 Å². The first kappa shape index (κ1) is 31.9. The number of likely N-dealkylation sites (N-methyl/N-ethyl adjacent to an activating group) is 1. The van der Waals surface area contributed by atoms with Crippen molar-refractivity contribution in [1.29, 1.82) is 0 Å². The van der Waals surface area contributed by atoms with Crippen molar-refractivity contribution in [3.8, 4) is 0 Å². The molecule has 1 heterocycles. The zero-order valence-corrected chi connectivity index (χ0v) is 26.6. The van der Waals surface area contributed by atoms with Gasteiger partial charge < -0.3 is 15.5 Å². The number of amides is 2. The van der Waals surface area contributed by atoms with Crippen molar-refractivity contribution in [2.45, 2.75) is 49.7 Å². The Morgan fingerprint density at radius 3 is 2.27 bits per heavy atom. The van der Waals surface area contributed by atoms with Crippen LogP contribution in [0.1, 0.15) is 43.0 Å². The largest absolute Gasteiger partial charge is 0.368 e. The van der Waals surface area contributed by atoms with Gasteiger partial charge in [0.1, 0.15) is 11.9 Å². The molecule has 0 aliphatic carbocycles. The molecule has 0 saturated carbocycles. The van der Waals surface area contributed by atoms with E-state index < -0.39 is 28.0 Å². The third-order valence-corrected chi connectivity index (χ3v) is 9.49. The van der Waals surface area contributed by atoms with Gasteiger partial charge in [0.25, 0.3) is 0 Å². The summed E-state index contributed by atoms with van der Waals surface area (Å²) in [6.45, 7) is 5.37. The van der Waals surface area contributed by atoms with Crippen LogP contribution < -0.4 is 15.4 Å². The molecular weight excluding hydrogens is 586 g/mol. The number of carbonyl (C=O) groups excluding carboxylic acids is 2. The van der Waals surface area contributed by atoms with Gasteiger partial charge in [-0.25, -0.2) is 13.1 Å². The maximum absolute atomic E-state index is 13.6. The summed E-state index contributed by atoms with van der Waals surface area (Å²) in [4.78, 5) is 33.3. The summed E-state index contributed by atoms with van der Waals surface area (Å²) < 4.78 is 29.9. The summed E-state index contributed by atoms with van der Waals surface area (Å²) in [7, 11) is -2.28. The van der Waals surface area contributed by atoms with E-state index in [-0.39, 0.29) is 29.7 Å². The van der Waals surface area contributed by atoms with Gasteiger partial charge in [-0.3, -0.25) is 14.6 Å². The van der Waals surface area contributed by atoms with Gasteiger partial charge in [0, 0.05) is 38.0 Å². The molecule has 2 atom stereocenters. The maximum Gasteiger partial charge on any atom is 0.245 e. The molecule has 3 N–H and O–H groups in total. The van der Waals surface area contributed by atoms with E-state index in [4.69, 9.17) is 0 Å². The molecule has 2 amide bonds. The number of fused-ring (bicyclic) bond motifs is 1. The van der Waals surface area contributed by atoms with E-state index in [0.29, 0.717) is 5.56 Å². The van der Waals surface area contributed by atoms with E-state index >= 15 is 0 Å². The fourth-order valence-electron chi connectivity index (χ4n) is 5.27. The molecule has 0 radical (unpaired) electrons. The first-order valence-corrected chi connectivity index (χ1v) is 16.6. The maximum atomic E-state index is 13.6. The number of amidine groups is 1. The minimum absolute atomic E-state index is 0.0726. The molecule has 45 heavy (non-hydrogen) atoms. The van der Waals surface area contributed by atoms with Crippen molar-refractivity contribution in [2.24, 2.45) is 4.99 Å². The van der Waals surface area contributed by atoms with E-state index in [1.54, 1.807) is 54.4 Å². The topological polar surface area (TPSA) is 120 Å². The van der Waals surface area contributed by atoms with Crippen molar-refractivity contribution in [3.63, 3.8) is 0 Å². The van der Waals surface area contributed by atoms with E-state index in [0.717, 1.165) is 40.8 Å². The molecule has 5 rings (SSSR count). The first-order valence-electron chi connectivity index (χ1n) is 15.1. The Bertz CT molecular complexity index is 1790. The van der Waals surface area contributed by atoms with Crippen LogP contribution in [0.5, 0.6) is 0 Å². The van der Waals surface area contributed by atoms with Crippen LogP contribution in [0.3, 0.4) is 0 Å². The van der Waals surface area contributed by atoms with Gasteiger partial charge in [-0.2, -0.15) is 0 Å². The predicted octanol–water partition coefficient (Wildman–Crippen LogP) is 4.19. The van der Waals surface area contributed by atoms with Crippen LogP contribution in [0.4, 0.5) is 0 Å². The lowest BCUT2D eigenvalue weighted by molar-refractivity contribution is -0.136. The fourth-order valence-corrected chi connectivity index (χ4v) is 6.53. The lowest BCUT2D eigenvalue weighted by Gasteiger charge is -2.28. The van der Waals surface area contributed by atoms with Crippen LogP contribution in [0.2, 0.25) is 0 Å². The Morgan fingerprint density at radius 1 is 0.911 bits per heavy atom. The second-order valence-electron chi connectivity index (χ2n) is 11.5. The van der Waals surface area contributed by atoms with Crippen LogP contribution in [0, 0.1) is 0 Å². The van der Waals surface area contributed by atoms with Gasteiger partial charge in [-0.1, -0.05) is 84.9 Å². The van der Waals surface area contributed by atoms with Gasteiger partial charge in [0.2, 0.25) is 21.8 Å². The van der Waals surface area contributed by atoms with Crippen molar-refractivity contribution < 1.29 is 18.0 Å². The van der Waals surface area contributed by atoms with Crippen LogP contribution in [-0.2, 0) is 26.0 Å². The molecule has 2 unspecified atom stereocenters. The second-order valence-corrected chi connectivity index (χ2v) is 13.2. The number of nitrogens with one attached hydrogen (secondary N) is 3. The highest BCUT2D eigenvalue weighted by molar-refractivity contribution is 7.89. The molecule has 9 nitrogen and oxygen atoms in total. The van der Waals surface area contributed by atoms with Gasteiger partial charge in [-0.05, 0) is 47.9 Å². The summed E-state index contributed by atoms with van der Waals surface area (Å²) in [5.74, 6) is 0.180. The SMILES string of the molecule is CC(C)N(C)C(=O)C(Cc1ccc(C2=NCCN2)cc1)NC(=O)CC(NS(=O)(=O)c1ccc2ccccc2c1)c1ccccc1. The zero-order chi connectivity index (χ0) is 32.0. The predicted molar refractivity (Wildman–Crippen MR) is 177 cm³/mol. The third-order valence-electron chi connectivity index (χ3n) is 8.02. The summed E-state index contributed by atoms with van der Waals surface area (Å²) in [5.41, 5.74) is 2.48. The summed E-state index contributed by atoms with van der Waals surface area (Å²) >= 11 is 0. The van der Waals surface area contributed by atoms with E-state index in [2.05, 4.69) is 20.3 Å². The quantitative estimate of drug-likeness (QED) is 0.218. The Labute approximate surface area is 264 Å².